The molecule has 0 amide bonds. The summed E-state index contributed by atoms with van der Waals surface area (Å²) in [7, 11) is 0. The average molecular weight is 387 g/mol. The third kappa shape index (κ3) is 9.18. The van der Waals surface area contributed by atoms with E-state index in [-0.39, 0.29) is 0 Å². The van der Waals surface area contributed by atoms with Gasteiger partial charge in [-0.25, -0.2) is 0 Å². The molecule has 0 saturated carbocycles. The SMILES string of the molecule is C1=CSC(=C/C=C/C=C/C=C/C=C/C=C/C=C/C=C2SC=CS2)S1. The Hall–Kier alpha value is -1.20. The van der Waals surface area contributed by atoms with E-state index in [0.717, 1.165) is 0 Å². The number of hydrogen-bond donors (Lipinski definition) is 0. The highest BCUT2D eigenvalue weighted by atomic mass is 32.2. The molecule has 122 valence electrons. The molecule has 0 N–H and O–H groups in total. The lowest BCUT2D eigenvalue weighted by Crippen LogP contribution is -1.57. The van der Waals surface area contributed by atoms with Gasteiger partial charge in [0, 0.05) is 8.47 Å². The molecule has 4 heteroatoms. The molecule has 24 heavy (non-hydrogen) atoms. The topological polar surface area (TPSA) is 0 Å². The molecule has 0 aromatic rings. The molecule has 0 spiro atoms. The molecular formula is C20H18S4. The summed E-state index contributed by atoms with van der Waals surface area (Å²) in [5.74, 6) is 0. The average Bonchev–Trinajstić information content (AvgIpc) is 3.28. The zero-order chi connectivity index (χ0) is 16.7. The van der Waals surface area contributed by atoms with Crippen LogP contribution < -0.4 is 0 Å². The van der Waals surface area contributed by atoms with Gasteiger partial charge in [-0.3, -0.25) is 0 Å². The van der Waals surface area contributed by atoms with Gasteiger partial charge in [-0.1, -0.05) is 120 Å². The van der Waals surface area contributed by atoms with Gasteiger partial charge in [0.15, 0.2) is 0 Å². The van der Waals surface area contributed by atoms with E-state index in [0.29, 0.717) is 0 Å². The van der Waals surface area contributed by atoms with Gasteiger partial charge in [0.05, 0.1) is 0 Å². The normalized spacial score (nSPS) is 18.3. The summed E-state index contributed by atoms with van der Waals surface area (Å²) in [6.45, 7) is 0. The van der Waals surface area contributed by atoms with Crippen LogP contribution in [0.5, 0.6) is 0 Å². The Balaban J connectivity index is 1.58. The summed E-state index contributed by atoms with van der Waals surface area (Å²) in [5, 5.41) is 8.40. The molecule has 0 aliphatic carbocycles. The lowest BCUT2D eigenvalue weighted by Gasteiger charge is -1.86. The Bertz CT molecular complexity index is 600. The third-order valence-electron chi connectivity index (χ3n) is 2.53. The minimum absolute atomic E-state index is 1.31. The fourth-order valence-corrected chi connectivity index (χ4v) is 4.67. The van der Waals surface area contributed by atoms with Gasteiger partial charge in [-0.2, -0.15) is 0 Å². The van der Waals surface area contributed by atoms with Gasteiger partial charge in [-0.15, -0.1) is 0 Å². The summed E-state index contributed by atoms with van der Waals surface area (Å²) in [4.78, 5) is 0. The van der Waals surface area contributed by atoms with Crippen LogP contribution in [0.2, 0.25) is 0 Å². The first-order valence-electron chi connectivity index (χ1n) is 7.34. The first kappa shape index (κ1) is 19.1. The van der Waals surface area contributed by atoms with E-state index in [1.807, 2.05) is 60.8 Å². The van der Waals surface area contributed by atoms with E-state index < -0.39 is 0 Å². The summed E-state index contributed by atoms with van der Waals surface area (Å²) in [6, 6.07) is 0. The van der Waals surface area contributed by atoms with Crippen LogP contribution in [0.3, 0.4) is 0 Å². The molecule has 0 fully saturated rings. The van der Waals surface area contributed by atoms with Crippen molar-refractivity contribution in [1.82, 2.24) is 0 Å². The minimum Gasteiger partial charge on any atom is -0.0902 e. The van der Waals surface area contributed by atoms with E-state index in [2.05, 4.69) is 45.9 Å². The molecule has 0 aromatic heterocycles. The Morgan fingerprint density at radius 3 is 0.917 bits per heavy atom. The molecular weight excluding hydrogens is 368 g/mol. The number of hydrogen-bond acceptors (Lipinski definition) is 4. The van der Waals surface area contributed by atoms with Crippen LogP contribution in [-0.2, 0) is 0 Å². The molecule has 0 unspecified atom stereocenters. The van der Waals surface area contributed by atoms with Gasteiger partial charge in [0.2, 0.25) is 0 Å². The molecule has 2 heterocycles. The molecule has 0 bridgehead atoms. The second-order valence-electron chi connectivity index (χ2n) is 4.30. The smallest absolute Gasteiger partial charge is 0.0487 e. The van der Waals surface area contributed by atoms with Crippen molar-refractivity contribution in [3.05, 3.63) is 115 Å². The lowest BCUT2D eigenvalue weighted by molar-refractivity contribution is 1.83. The van der Waals surface area contributed by atoms with E-state index >= 15 is 0 Å². The largest absolute Gasteiger partial charge is 0.0902 e. The zero-order valence-corrected chi connectivity index (χ0v) is 16.3. The number of rotatable bonds is 7. The maximum atomic E-state index is 2.12. The van der Waals surface area contributed by atoms with E-state index in [1.165, 1.54) is 8.47 Å². The lowest BCUT2D eigenvalue weighted by atomic mass is 10.3. The Labute approximate surface area is 161 Å². The molecule has 0 nitrogen and oxygen atoms in total. The molecule has 2 aliphatic rings. The second-order valence-corrected chi connectivity index (χ2v) is 8.60. The van der Waals surface area contributed by atoms with Gasteiger partial charge in [0.1, 0.15) is 0 Å². The van der Waals surface area contributed by atoms with Gasteiger partial charge < -0.3 is 0 Å². The van der Waals surface area contributed by atoms with Gasteiger partial charge in [-0.05, 0) is 33.8 Å². The first-order chi connectivity index (χ1) is 11.9. The molecule has 0 saturated heterocycles. The highest BCUT2D eigenvalue weighted by molar-refractivity contribution is 8.27. The molecule has 0 aromatic carbocycles. The van der Waals surface area contributed by atoms with E-state index in [4.69, 9.17) is 0 Å². The van der Waals surface area contributed by atoms with Crippen LogP contribution >= 0.6 is 47.0 Å². The van der Waals surface area contributed by atoms with E-state index in [1.54, 1.807) is 47.0 Å². The number of thioether (sulfide) groups is 4. The van der Waals surface area contributed by atoms with Crippen LogP contribution in [0.25, 0.3) is 0 Å². The second kappa shape index (κ2) is 13.1. The first-order valence-corrected chi connectivity index (χ1v) is 10.9. The monoisotopic (exact) mass is 386 g/mol. The van der Waals surface area contributed by atoms with Crippen molar-refractivity contribution < 1.29 is 0 Å². The summed E-state index contributed by atoms with van der Waals surface area (Å²) < 4.78 is 2.63. The van der Waals surface area contributed by atoms with Crippen LogP contribution in [0.15, 0.2) is 115 Å². The fourth-order valence-electron chi connectivity index (χ4n) is 1.50. The summed E-state index contributed by atoms with van der Waals surface area (Å²) in [6.07, 6.45) is 28.6. The summed E-state index contributed by atoms with van der Waals surface area (Å²) >= 11 is 7.03. The van der Waals surface area contributed by atoms with Crippen LogP contribution in [0.4, 0.5) is 0 Å². The van der Waals surface area contributed by atoms with Crippen LogP contribution in [-0.4, -0.2) is 0 Å². The quantitative estimate of drug-likeness (QED) is 0.407. The predicted octanol–water partition coefficient (Wildman–Crippen LogP) is 7.91. The maximum absolute atomic E-state index is 2.12. The third-order valence-corrected chi connectivity index (χ3v) is 6.60. The Morgan fingerprint density at radius 1 is 0.375 bits per heavy atom. The van der Waals surface area contributed by atoms with Crippen LogP contribution in [0.1, 0.15) is 0 Å². The van der Waals surface area contributed by atoms with Gasteiger partial charge >= 0.3 is 0 Å². The Kier molecular flexibility index (Phi) is 10.5. The predicted molar refractivity (Wildman–Crippen MR) is 120 cm³/mol. The highest BCUT2D eigenvalue weighted by Crippen LogP contribution is 2.37. The van der Waals surface area contributed by atoms with Crippen molar-refractivity contribution in [3.8, 4) is 0 Å². The molecule has 0 atom stereocenters. The Morgan fingerprint density at radius 2 is 0.625 bits per heavy atom. The van der Waals surface area contributed by atoms with E-state index in [9.17, 15) is 0 Å². The standard InChI is InChI=1S/C20H18S4/c1(3-5-7-9-11-13-19-21-15-16-22-19)2-4-6-8-10-12-14-20-23-17-18-24-20/h1-18H/b3-1+,4-2+,7-5+,8-6+,11-9+,12-10+. The fraction of sp³-hybridized carbons (Fsp3) is 0. The molecule has 2 aliphatic heterocycles. The summed E-state index contributed by atoms with van der Waals surface area (Å²) in [5.41, 5.74) is 0. The van der Waals surface area contributed by atoms with Crippen molar-refractivity contribution >= 4 is 47.0 Å². The zero-order valence-electron chi connectivity index (χ0n) is 13.0. The minimum atomic E-state index is 1.31. The highest BCUT2D eigenvalue weighted by Gasteiger charge is 1.98. The van der Waals surface area contributed by atoms with Crippen molar-refractivity contribution in [2.45, 2.75) is 0 Å². The molecule has 2 rings (SSSR count). The number of allylic oxidation sites excluding steroid dienone is 14. The van der Waals surface area contributed by atoms with Crippen molar-refractivity contribution in [2.75, 3.05) is 0 Å². The van der Waals surface area contributed by atoms with Crippen molar-refractivity contribution in [2.24, 2.45) is 0 Å². The van der Waals surface area contributed by atoms with Crippen molar-refractivity contribution in [3.63, 3.8) is 0 Å². The van der Waals surface area contributed by atoms with Gasteiger partial charge in [0.25, 0.3) is 0 Å². The molecule has 0 radical (unpaired) electrons. The van der Waals surface area contributed by atoms with Crippen LogP contribution in [0, 0.1) is 0 Å². The maximum Gasteiger partial charge on any atom is 0.0487 e. The van der Waals surface area contributed by atoms with Crippen molar-refractivity contribution in [1.29, 1.82) is 0 Å².